The van der Waals surface area contributed by atoms with Gasteiger partial charge in [-0.05, 0) is 43.2 Å². The van der Waals surface area contributed by atoms with Crippen LogP contribution in [0.25, 0.3) is 0 Å². The molecule has 18 heavy (non-hydrogen) atoms. The first-order chi connectivity index (χ1) is 8.65. The SMILES string of the molecule is Cc1cccc(NCCn2ccc(C)cc2=O)c1. The van der Waals surface area contributed by atoms with E-state index in [0.29, 0.717) is 6.54 Å². The summed E-state index contributed by atoms with van der Waals surface area (Å²) in [6.45, 7) is 5.41. The Morgan fingerprint density at radius 2 is 1.89 bits per heavy atom. The van der Waals surface area contributed by atoms with Gasteiger partial charge in [0, 0.05) is 31.0 Å². The van der Waals surface area contributed by atoms with Gasteiger partial charge in [0.1, 0.15) is 0 Å². The van der Waals surface area contributed by atoms with Crippen molar-refractivity contribution >= 4 is 5.69 Å². The molecule has 2 aromatic rings. The minimum atomic E-state index is 0.0565. The summed E-state index contributed by atoms with van der Waals surface area (Å²) < 4.78 is 1.72. The van der Waals surface area contributed by atoms with Crippen molar-refractivity contribution in [3.05, 3.63) is 64.1 Å². The molecule has 3 nitrogen and oxygen atoms in total. The number of aromatic nitrogens is 1. The molecular weight excluding hydrogens is 224 g/mol. The molecule has 0 unspecified atom stereocenters. The Labute approximate surface area is 107 Å². The zero-order valence-electron chi connectivity index (χ0n) is 10.8. The second kappa shape index (κ2) is 5.54. The van der Waals surface area contributed by atoms with Crippen LogP contribution in [0.4, 0.5) is 5.69 Å². The first kappa shape index (κ1) is 12.4. The standard InChI is InChI=1S/C15H18N2O/c1-12-4-3-5-14(10-12)16-7-9-17-8-6-13(2)11-15(17)18/h3-6,8,10-11,16H,7,9H2,1-2H3. The van der Waals surface area contributed by atoms with Crippen LogP contribution >= 0.6 is 0 Å². The number of nitrogens with one attached hydrogen (secondary N) is 1. The summed E-state index contributed by atoms with van der Waals surface area (Å²) >= 11 is 0. The van der Waals surface area contributed by atoms with Crippen LogP contribution in [-0.4, -0.2) is 11.1 Å². The van der Waals surface area contributed by atoms with Crippen LogP contribution in [0.1, 0.15) is 11.1 Å². The van der Waals surface area contributed by atoms with Crippen molar-refractivity contribution < 1.29 is 0 Å². The van der Waals surface area contributed by atoms with Crippen molar-refractivity contribution in [3.8, 4) is 0 Å². The molecule has 0 spiro atoms. The van der Waals surface area contributed by atoms with Crippen LogP contribution in [0.5, 0.6) is 0 Å². The lowest BCUT2D eigenvalue weighted by atomic mass is 10.2. The van der Waals surface area contributed by atoms with Crippen LogP contribution < -0.4 is 10.9 Å². The van der Waals surface area contributed by atoms with Crippen molar-refractivity contribution in [1.82, 2.24) is 4.57 Å². The number of nitrogens with zero attached hydrogens (tertiary/aromatic N) is 1. The molecule has 0 saturated carbocycles. The molecule has 1 aromatic carbocycles. The maximum absolute atomic E-state index is 11.7. The van der Waals surface area contributed by atoms with Crippen LogP contribution in [-0.2, 0) is 6.54 Å². The normalized spacial score (nSPS) is 10.3. The van der Waals surface area contributed by atoms with Crippen LogP contribution in [0.3, 0.4) is 0 Å². The van der Waals surface area contributed by atoms with Gasteiger partial charge in [0.25, 0.3) is 5.56 Å². The summed E-state index contributed by atoms with van der Waals surface area (Å²) in [5.74, 6) is 0. The molecule has 0 aliphatic carbocycles. The largest absolute Gasteiger partial charge is 0.383 e. The fourth-order valence-corrected chi connectivity index (χ4v) is 1.87. The summed E-state index contributed by atoms with van der Waals surface area (Å²) in [6.07, 6.45) is 1.84. The van der Waals surface area contributed by atoms with E-state index in [-0.39, 0.29) is 5.56 Å². The third kappa shape index (κ3) is 3.23. The van der Waals surface area contributed by atoms with Crippen molar-refractivity contribution in [3.63, 3.8) is 0 Å². The fourth-order valence-electron chi connectivity index (χ4n) is 1.87. The molecule has 94 valence electrons. The monoisotopic (exact) mass is 242 g/mol. The first-order valence-corrected chi connectivity index (χ1v) is 6.13. The van der Waals surface area contributed by atoms with Gasteiger partial charge in [-0.2, -0.15) is 0 Å². The van der Waals surface area contributed by atoms with E-state index in [1.807, 2.05) is 31.3 Å². The van der Waals surface area contributed by atoms with E-state index in [0.717, 1.165) is 17.8 Å². The Hall–Kier alpha value is -2.03. The summed E-state index contributed by atoms with van der Waals surface area (Å²) in [7, 11) is 0. The van der Waals surface area contributed by atoms with E-state index in [9.17, 15) is 4.79 Å². The highest BCUT2D eigenvalue weighted by Gasteiger charge is 1.96. The van der Waals surface area contributed by atoms with E-state index in [2.05, 4.69) is 24.4 Å². The minimum Gasteiger partial charge on any atom is -0.383 e. The van der Waals surface area contributed by atoms with E-state index < -0.39 is 0 Å². The molecular formula is C15H18N2O. The second-order valence-electron chi connectivity index (χ2n) is 4.53. The molecule has 2 rings (SSSR count). The molecule has 0 aliphatic rings. The van der Waals surface area contributed by atoms with Gasteiger partial charge >= 0.3 is 0 Å². The molecule has 0 radical (unpaired) electrons. The Balaban J connectivity index is 1.94. The van der Waals surface area contributed by atoms with Gasteiger partial charge in [-0.1, -0.05) is 12.1 Å². The molecule has 0 atom stereocenters. The van der Waals surface area contributed by atoms with Gasteiger partial charge in [-0.3, -0.25) is 4.79 Å². The molecule has 1 heterocycles. The van der Waals surface area contributed by atoms with Gasteiger partial charge in [-0.25, -0.2) is 0 Å². The third-order valence-corrected chi connectivity index (χ3v) is 2.85. The van der Waals surface area contributed by atoms with E-state index in [1.165, 1.54) is 5.56 Å². The molecule has 1 aromatic heterocycles. The highest BCUT2D eigenvalue weighted by atomic mass is 16.1. The lowest BCUT2D eigenvalue weighted by Crippen LogP contribution is -2.22. The summed E-state index contributed by atoms with van der Waals surface area (Å²) in [5, 5.41) is 3.32. The van der Waals surface area contributed by atoms with Crippen molar-refractivity contribution in [2.45, 2.75) is 20.4 Å². The zero-order valence-corrected chi connectivity index (χ0v) is 10.8. The van der Waals surface area contributed by atoms with Gasteiger partial charge in [-0.15, -0.1) is 0 Å². The Morgan fingerprint density at radius 3 is 2.61 bits per heavy atom. The quantitative estimate of drug-likeness (QED) is 0.894. The zero-order chi connectivity index (χ0) is 13.0. The van der Waals surface area contributed by atoms with Crippen LogP contribution in [0.2, 0.25) is 0 Å². The van der Waals surface area contributed by atoms with E-state index >= 15 is 0 Å². The number of hydrogen-bond acceptors (Lipinski definition) is 2. The lowest BCUT2D eigenvalue weighted by molar-refractivity contribution is 0.696. The van der Waals surface area contributed by atoms with Gasteiger partial charge in [0.05, 0.1) is 0 Å². The molecule has 0 saturated heterocycles. The van der Waals surface area contributed by atoms with E-state index in [1.54, 1.807) is 10.6 Å². The number of rotatable bonds is 4. The highest BCUT2D eigenvalue weighted by Crippen LogP contribution is 2.08. The molecule has 1 N–H and O–H groups in total. The smallest absolute Gasteiger partial charge is 0.250 e. The first-order valence-electron chi connectivity index (χ1n) is 6.13. The number of benzene rings is 1. The maximum atomic E-state index is 11.7. The molecule has 3 heteroatoms. The van der Waals surface area contributed by atoms with Crippen LogP contribution in [0.15, 0.2) is 47.4 Å². The number of hydrogen-bond donors (Lipinski definition) is 1. The molecule has 0 amide bonds. The average molecular weight is 242 g/mol. The van der Waals surface area contributed by atoms with Crippen molar-refractivity contribution in [2.24, 2.45) is 0 Å². The van der Waals surface area contributed by atoms with Gasteiger partial charge in [0.15, 0.2) is 0 Å². The Bertz CT molecular complexity index is 587. The fraction of sp³-hybridized carbons (Fsp3) is 0.267. The maximum Gasteiger partial charge on any atom is 0.250 e. The number of aryl methyl sites for hydroxylation is 2. The summed E-state index contributed by atoms with van der Waals surface area (Å²) in [4.78, 5) is 11.7. The predicted molar refractivity (Wildman–Crippen MR) is 75.1 cm³/mol. The van der Waals surface area contributed by atoms with Crippen molar-refractivity contribution in [1.29, 1.82) is 0 Å². The number of anilines is 1. The summed E-state index contributed by atoms with van der Waals surface area (Å²) in [5.41, 5.74) is 3.38. The minimum absolute atomic E-state index is 0.0565. The molecule has 0 aliphatic heterocycles. The number of pyridine rings is 1. The third-order valence-electron chi connectivity index (χ3n) is 2.85. The molecule has 0 fully saturated rings. The van der Waals surface area contributed by atoms with Crippen LogP contribution in [0, 0.1) is 13.8 Å². The Kier molecular flexibility index (Phi) is 3.82. The van der Waals surface area contributed by atoms with Gasteiger partial charge in [0.2, 0.25) is 0 Å². The topological polar surface area (TPSA) is 34.0 Å². The lowest BCUT2D eigenvalue weighted by Gasteiger charge is -2.09. The Morgan fingerprint density at radius 1 is 1.11 bits per heavy atom. The van der Waals surface area contributed by atoms with E-state index in [4.69, 9.17) is 0 Å². The predicted octanol–water partition coefficient (Wildman–Crippen LogP) is 2.58. The highest BCUT2D eigenvalue weighted by molar-refractivity contribution is 5.45. The summed E-state index contributed by atoms with van der Waals surface area (Å²) in [6, 6.07) is 11.8. The van der Waals surface area contributed by atoms with Crippen molar-refractivity contribution in [2.75, 3.05) is 11.9 Å². The second-order valence-corrected chi connectivity index (χ2v) is 4.53. The van der Waals surface area contributed by atoms with Gasteiger partial charge < -0.3 is 9.88 Å². The average Bonchev–Trinajstić information content (AvgIpc) is 2.32. The molecule has 0 bridgehead atoms.